The van der Waals surface area contributed by atoms with Crippen LogP contribution in [0.3, 0.4) is 0 Å². The van der Waals surface area contributed by atoms with Crippen molar-refractivity contribution < 1.29 is 13.7 Å². The summed E-state index contributed by atoms with van der Waals surface area (Å²) >= 11 is 0. The largest absolute Gasteiger partial charge is 0.465 e. The Kier molecular flexibility index (Phi) is 3.02. The molecule has 1 heterocycles. The highest BCUT2D eigenvalue weighted by Gasteiger charge is 2.27. The fourth-order valence-electron chi connectivity index (χ4n) is 0.910. The van der Waals surface area contributed by atoms with E-state index in [0.29, 0.717) is 18.8 Å². The smallest absolute Gasteiger partial charge is 0.324 e. The Balaban J connectivity index is 2.37. The predicted molar refractivity (Wildman–Crippen MR) is 41.2 cm³/mol. The molecule has 1 rings (SSSR count). The second-order valence-corrected chi connectivity index (χ2v) is 3.60. The van der Waals surface area contributed by atoms with Crippen LogP contribution in [0.2, 0.25) is 0 Å². The van der Waals surface area contributed by atoms with Crippen molar-refractivity contribution in [3.63, 3.8) is 0 Å². The first kappa shape index (κ1) is 8.67. The minimum atomic E-state index is -1.03. The molecule has 0 bridgehead atoms. The van der Waals surface area contributed by atoms with Crippen molar-refractivity contribution in [3.05, 3.63) is 0 Å². The maximum atomic E-state index is 11.0. The molecule has 2 unspecified atom stereocenters. The van der Waals surface area contributed by atoms with Crippen LogP contribution >= 0.6 is 0 Å². The molecule has 1 fully saturated rings. The molecule has 0 saturated carbocycles. The summed E-state index contributed by atoms with van der Waals surface area (Å²) in [5, 5.41) is 0. The summed E-state index contributed by atoms with van der Waals surface area (Å²) in [7, 11) is -1.03. The second-order valence-electron chi connectivity index (χ2n) is 2.26. The SMILES string of the molecule is CCOC(=O)C1CCS(=O)N1. The molecule has 0 aromatic rings. The predicted octanol–water partition coefficient (Wildman–Crippen LogP) is -0.425. The third-order valence-corrected chi connectivity index (χ3v) is 2.59. The van der Waals surface area contributed by atoms with Crippen molar-refractivity contribution in [1.82, 2.24) is 4.72 Å². The van der Waals surface area contributed by atoms with E-state index >= 15 is 0 Å². The van der Waals surface area contributed by atoms with Crippen LogP contribution in [0.5, 0.6) is 0 Å². The number of carbonyl (C=O) groups excluding carboxylic acids is 1. The van der Waals surface area contributed by atoms with Crippen molar-refractivity contribution in [2.45, 2.75) is 19.4 Å². The number of esters is 1. The van der Waals surface area contributed by atoms with Gasteiger partial charge in [-0.25, -0.2) is 8.93 Å². The highest BCUT2D eigenvalue weighted by Crippen LogP contribution is 2.05. The first-order valence-corrected chi connectivity index (χ1v) is 4.87. The van der Waals surface area contributed by atoms with Crippen LogP contribution in [-0.4, -0.2) is 28.6 Å². The van der Waals surface area contributed by atoms with Gasteiger partial charge in [-0.15, -0.1) is 0 Å². The number of rotatable bonds is 2. The second kappa shape index (κ2) is 3.82. The number of ether oxygens (including phenoxy) is 1. The van der Waals surface area contributed by atoms with Crippen LogP contribution in [0.1, 0.15) is 13.3 Å². The average molecular weight is 177 g/mol. The maximum absolute atomic E-state index is 11.0. The molecule has 0 radical (unpaired) electrons. The van der Waals surface area contributed by atoms with Gasteiger partial charge in [0, 0.05) is 5.75 Å². The van der Waals surface area contributed by atoms with E-state index in [9.17, 15) is 9.00 Å². The van der Waals surface area contributed by atoms with Gasteiger partial charge in [-0.2, -0.15) is 0 Å². The molecule has 1 N–H and O–H groups in total. The van der Waals surface area contributed by atoms with E-state index in [-0.39, 0.29) is 12.0 Å². The Labute approximate surface area is 67.9 Å². The zero-order valence-corrected chi connectivity index (χ0v) is 7.15. The highest BCUT2D eigenvalue weighted by molar-refractivity contribution is 7.83. The van der Waals surface area contributed by atoms with Gasteiger partial charge in [0.15, 0.2) is 0 Å². The van der Waals surface area contributed by atoms with Gasteiger partial charge >= 0.3 is 5.97 Å². The molecule has 11 heavy (non-hydrogen) atoms. The molecule has 0 aliphatic carbocycles. The first-order valence-electron chi connectivity index (χ1n) is 3.55. The van der Waals surface area contributed by atoms with Crippen LogP contribution in [-0.2, 0) is 20.5 Å². The molecule has 5 heteroatoms. The summed E-state index contributed by atoms with van der Waals surface area (Å²) in [4.78, 5) is 11.0. The van der Waals surface area contributed by atoms with E-state index < -0.39 is 11.0 Å². The van der Waals surface area contributed by atoms with E-state index in [1.807, 2.05) is 0 Å². The first-order chi connectivity index (χ1) is 5.24. The molecule has 1 aliphatic heterocycles. The van der Waals surface area contributed by atoms with Crippen molar-refractivity contribution in [2.75, 3.05) is 12.4 Å². The van der Waals surface area contributed by atoms with Crippen molar-refractivity contribution in [3.8, 4) is 0 Å². The van der Waals surface area contributed by atoms with E-state index in [4.69, 9.17) is 4.74 Å². The lowest BCUT2D eigenvalue weighted by molar-refractivity contribution is -0.144. The summed E-state index contributed by atoms with van der Waals surface area (Å²) in [6.07, 6.45) is 0.617. The van der Waals surface area contributed by atoms with Crippen LogP contribution in [0, 0.1) is 0 Å². The third kappa shape index (κ3) is 2.27. The van der Waals surface area contributed by atoms with Crippen LogP contribution in [0.15, 0.2) is 0 Å². The quantitative estimate of drug-likeness (QED) is 0.583. The number of hydrogen-bond acceptors (Lipinski definition) is 3. The van der Waals surface area contributed by atoms with Crippen LogP contribution in [0.25, 0.3) is 0 Å². The van der Waals surface area contributed by atoms with Crippen molar-refractivity contribution >= 4 is 17.0 Å². The Morgan fingerprint density at radius 1 is 1.82 bits per heavy atom. The minimum absolute atomic E-state index is 0.293. The van der Waals surface area contributed by atoms with Gasteiger partial charge in [-0.05, 0) is 13.3 Å². The summed E-state index contributed by atoms with van der Waals surface area (Å²) in [5.41, 5.74) is 0. The minimum Gasteiger partial charge on any atom is -0.465 e. The molecule has 0 aromatic carbocycles. The third-order valence-electron chi connectivity index (χ3n) is 1.44. The van der Waals surface area contributed by atoms with Crippen molar-refractivity contribution in [1.29, 1.82) is 0 Å². The molecule has 0 spiro atoms. The lowest BCUT2D eigenvalue weighted by Gasteiger charge is -2.06. The number of nitrogens with one attached hydrogen (secondary N) is 1. The van der Waals surface area contributed by atoms with Gasteiger partial charge in [0.2, 0.25) is 0 Å². The molecular weight excluding hydrogens is 166 g/mol. The fraction of sp³-hybridized carbons (Fsp3) is 0.833. The Hall–Kier alpha value is -0.420. The van der Waals surface area contributed by atoms with Gasteiger partial charge < -0.3 is 4.74 Å². The zero-order valence-electron chi connectivity index (χ0n) is 6.33. The summed E-state index contributed by atoms with van der Waals surface area (Å²) in [5.74, 6) is 0.252. The molecule has 0 aromatic heterocycles. The molecular formula is C6H11NO3S. The van der Waals surface area contributed by atoms with E-state index in [1.165, 1.54) is 0 Å². The number of carbonyl (C=O) groups is 1. The van der Waals surface area contributed by atoms with Gasteiger partial charge in [-0.3, -0.25) is 4.79 Å². The van der Waals surface area contributed by atoms with Gasteiger partial charge in [0.1, 0.15) is 6.04 Å². The van der Waals surface area contributed by atoms with E-state index in [2.05, 4.69) is 4.72 Å². The molecule has 4 nitrogen and oxygen atoms in total. The topological polar surface area (TPSA) is 55.4 Å². The van der Waals surface area contributed by atoms with Gasteiger partial charge in [0.25, 0.3) is 0 Å². The molecule has 64 valence electrons. The lowest BCUT2D eigenvalue weighted by atomic mass is 10.2. The number of hydrogen-bond donors (Lipinski definition) is 1. The molecule has 0 amide bonds. The van der Waals surface area contributed by atoms with E-state index in [1.54, 1.807) is 6.92 Å². The van der Waals surface area contributed by atoms with Crippen molar-refractivity contribution in [2.24, 2.45) is 0 Å². The van der Waals surface area contributed by atoms with Gasteiger partial charge in [0.05, 0.1) is 17.6 Å². The average Bonchev–Trinajstić information content (AvgIpc) is 2.36. The molecule has 1 aliphatic rings. The van der Waals surface area contributed by atoms with E-state index in [0.717, 1.165) is 0 Å². The Morgan fingerprint density at radius 2 is 2.55 bits per heavy atom. The van der Waals surface area contributed by atoms with Crippen LogP contribution < -0.4 is 4.72 Å². The monoisotopic (exact) mass is 177 g/mol. The summed E-state index contributed by atoms with van der Waals surface area (Å²) < 4.78 is 18.1. The maximum Gasteiger partial charge on any atom is 0.324 e. The normalized spacial score (nSPS) is 30.3. The fourth-order valence-corrected chi connectivity index (χ4v) is 2.01. The standard InChI is InChI=1S/C6H11NO3S/c1-2-10-6(8)5-3-4-11(9)7-5/h5,7H,2-4H2,1H3. The lowest BCUT2D eigenvalue weighted by Crippen LogP contribution is -2.32. The van der Waals surface area contributed by atoms with Crippen LogP contribution in [0.4, 0.5) is 0 Å². The Bertz CT molecular complexity index is 183. The Morgan fingerprint density at radius 3 is 3.00 bits per heavy atom. The molecule has 1 saturated heterocycles. The summed E-state index contributed by atoms with van der Waals surface area (Å²) in [6.45, 7) is 2.13. The molecule has 2 atom stereocenters. The highest BCUT2D eigenvalue weighted by atomic mass is 32.2. The zero-order chi connectivity index (χ0) is 8.27. The summed E-state index contributed by atoms with van der Waals surface area (Å²) in [6, 6.07) is -0.351. The van der Waals surface area contributed by atoms with Gasteiger partial charge in [-0.1, -0.05) is 0 Å².